The molecule has 2 aromatic carbocycles. The smallest absolute Gasteiger partial charge is 0.255 e. The average molecular weight is 632 g/mol. The van der Waals surface area contributed by atoms with E-state index in [4.69, 9.17) is 9.40 Å². The normalized spacial score (nSPS) is 14.4. The summed E-state index contributed by atoms with van der Waals surface area (Å²) in [6, 6.07) is 16.2. The summed E-state index contributed by atoms with van der Waals surface area (Å²) < 4.78 is 78.1. The van der Waals surface area contributed by atoms with Crippen LogP contribution in [0.5, 0.6) is 0 Å². The molecule has 13 heteroatoms. The minimum absolute atomic E-state index is 0.0252. The highest BCUT2D eigenvalue weighted by Gasteiger charge is 2.31. The Bertz CT molecular complexity index is 2300. The SMILES string of the molecule is CNC(=O)c1c(-c2ccc(F)cc2)oc2nc(N(C)S(C)(=O)=O)c(-c3ccc4c(n3)-c3cc5c(F)cccc5n3CC4F)cc12. The standard InChI is InChI=1S/C32H24F3N5O4S/c1-36-31(41)27-21-13-20(30(39(2)45(3,42)43)38-32(21)44-29(27)16-7-9-17(33)10-8-16)24-12-11-18-23(35)15-40-25-6-4-5-22(34)19(25)14-26(40)28(18)37-24/h4-14,23H,15H2,1-3H3,(H,36,41). The summed E-state index contributed by atoms with van der Waals surface area (Å²) in [5.74, 6) is -1.40. The summed E-state index contributed by atoms with van der Waals surface area (Å²) in [7, 11) is -1.11. The van der Waals surface area contributed by atoms with Crippen LogP contribution in [0.1, 0.15) is 22.1 Å². The Morgan fingerprint density at radius 2 is 1.80 bits per heavy atom. The number of aromatic nitrogens is 3. The van der Waals surface area contributed by atoms with E-state index in [-0.39, 0.29) is 51.7 Å². The molecule has 1 aliphatic heterocycles. The second-order valence-corrected chi connectivity index (χ2v) is 12.8. The van der Waals surface area contributed by atoms with E-state index in [1.807, 2.05) is 0 Å². The highest BCUT2D eigenvalue weighted by Crippen LogP contribution is 2.43. The zero-order valence-corrected chi connectivity index (χ0v) is 24.9. The predicted molar refractivity (Wildman–Crippen MR) is 164 cm³/mol. The largest absolute Gasteiger partial charge is 0.437 e. The monoisotopic (exact) mass is 631 g/mol. The Labute approximate surface area is 255 Å². The van der Waals surface area contributed by atoms with Gasteiger partial charge < -0.3 is 14.3 Å². The molecule has 1 unspecified atom stereocenters. The lowest BCUT2D eigenvalue weighted by Gasteiger charge is -2.24. The van der Waals surface area contributed by atoms with Crippen LogP contribution in [0, 0.1) is 11.6 Å². The van der Waals surface area contributed by atoms with Gasteiger partial charge in [0.2, 0.25) is 15.7 Å². The fraction of sp³-hybridized carbons (Fsp3) is 0.156. The summed E-state index contributed by atoms with van der Waals surface area (Å²) in [6.45, 7) is -0.0252. The minimum atomic E-state index is -3.86. The van der Waals surface area contributed by atoms with Crippen molar-refractivity contribution in [3.8, 4) is 34.0 Å². The zero-order chi connectivity index (χ0) is 31.8. The van der Waals surface area contributed by atoms with E-state index in [2.05, 4.69) is 10.3 Å². The van der Waals surface area contributed by atoms with Gasteiger partial charge in [0, 0.05) is 36.2 Å². The van der Waals surface area contributed by atoms with Crippen LogP contribution >= 0.6 is 0 Å². The first-order chi connectivity index (χ1) is 21.5. The number of carbonyl (C=O) groups is 1. The van der Waals surface area contributed by atoms with Crippen LogP contribution in [0.4, 0.5) is 19.0 Å². The lowest BCUT2D eigenvalue weighted by atomic mass is 9.99. The van der Waals surface area contributed by atoms with Crippen molar-refractivity contribution in [3.05, 3.63) is 89.5 Å². The molecular formula is C32H24F3N5O4S. The molecule has 0 saturated carbocycles. The van der Waals surface area contributed by atoms with E-state index < -0.39 is 33.7 Å². The number of anilines is 1. The van der Waals surface area contributed by atoms with Gasteiger partial charge in [-0.1, -0.05) is 12.1 Å². The lowest BCUT2D eigenvalue weighted by molar-refractivity contribution is 0.0964. The van der Waals surface area contributed by atoms with Gasteiger partial charge in [-0.15, -0.1) is 0 Å². The fourth-order valence-corrected chi connectivity index (χ4v) is 6.19. The Hall–Kier alpha value is -5.17. The molecule has 0 saturated heterocycles. The maximum absolute atomic E-state index is 15.5. The molecule has 1 N–H and O–H groups in total. The maximum Gasteiger partial charge on any atom is 0.255 e. The Balaban J connectivity index is 1.51. The van der Waals surface area contributed by atoms with Crippen LogP contribution in [0.3, 0.4) is 0 Å². The van der Waals surface area contributed by atoms with Crippen LogP contribution in [-0.4, -0.2) is 49.2 Å². The van der Waals surface area contributed by atoms with Gasteiger partial charge in [0.05, 0.1) is 46.3 Å². The van der Waals surface area contributed by atoms with E-state index in [1.54, 1.807) is 41.0 Å². The molecule has 4 aromatic heterocycles. The number of amides is 1. The highest BCUT2D eigenvalue weighted by molar-refractivity contribution is 7.92. The number of hydrogen-bond donors (Lipinski definition) is 1. The number of sulfonamides is 1. The van der Waals surface area contributed by atoms with Crippen molar-refractivity contribution in [1.82, 2.24) is 19.9 Å². The highest BCUT2D eigenvalue weighted by atomic mass is 32.2. The van der Waals surface area contributed by atoms with Gasteiger partial charge in [0.15, 0.2) is 5.82 Å². The van der Waals surface area contributed by atoms with Gasteiger partial charge in [-0.2, -0.15) is 4.98 Å². The Morgan fingerprint density at radius 1 is 1.04 bits per heavy atom. The predicted octanol–water partition coefficient (Wildman–Crippen LogP) is 6.24. The summed E-state index contributed by atoms with van der Waals surface area (Å²) in [4.78, 5) is 22.5. The zero-order valence-electron chi connectivity index (χ0n) is 24.1. The van der Waals surface area contributed by atoms with E-state index >= 15 is 4.39 Å². The Kier molecular flexibility index (Phi) is 6.48. The van der Waals surface area contributed by atoms with Crippen molar-refractivity contribution >= 4 is 43.8 Å². The molecule has 6 aromatic rings. The molecule has 1 amide bonds. The van der Waals surface area contributed by atoms with E-state index in [0.29, 0.717) is 27.7 Å². The lowest BCUT2D eigenvalue weighted by Crippen LogP contribution is -2.26. The van der Waals surface area contributed by atoms with Crippen LogP contribution < -0.4 is 9.62 Å². The summed E-state index contributed by atoms with van der Waals surface area (Å²) >= 11 is 0. The number of hydrogen-bond acceptors (Lipinski definition) is 6. The molecule has 7 rings (SSSR count). The number of pyridine rings is 2. The van der Waals surface area contributed by atoms with E-state index in [0.717, 1.165) is 10.6 Å². The molecule has 0 spiro atoms. The number of furan rings is 1. The molecule has 0 bridgehead atoms. The number of carbonyl (C=O) groups excluding carboxylic acids is 1. The molecule has 45 heavy (non-hydrogen) atoms. The van der Waals surface area contributed by atoms with Crippen LogP contribution in [0.2, 0.25) is 0 Å². The summed E-state index contributed by atoms with van der Waals surface area (Å²) in [6.07, 6.45) is -0.426. The number of halogens is 3. The second-order valence-electron chi connectivity index (χ2n) is 10.7. The van der Waals surface area contributed by atoms with Crippen molar-refractivity contribution in [2.24, 2.45) is 0 Å². The number of alkyl halides is 1. The van der Waals surface area contributed by atoms with E-state index in [1.165, 1.54) is 44.4 Å². The van der Waals surface area contributed by atoms with Crippen LogP contribution in [0.25, 0.3) is 56.0 Å². The molecule has 0 aliphatic carbocycles. The second kappa shape index (κ2) is 10.2. The van der Waals surface area contributed by atoms with Crippen molar-refractivity contribution in [2.45, 2.75) is 12.7 Å². The van der Waals surface area contributed by atoms with Gasteiger partial charge in [0.1, 0.15) is 23.6 Å². The third kappa shape index (κ3) is 4.53. The molecular weight excluding hydrogens is 607 g/mol. The molecule has 0 radical (unpaired) electrons. The molecule has 9 nitrogen and oxygen atoms in total. The molecule has 1 atom stereocenters. The Morgan fingerprint density at radius 3 is 2.51 bits per heavy atom. The summed E-state index contributed by atoms with van der Waals surface area (Å²) in [5, 5.41) is 3.14. The quantitative estimate of drug-likeness (QED) is 0.241. The first-order valence-electron chi connectivity index (χ1n) is 13.8. The summed E-state index contributed by atoms with van der Waals surface area (Å²) in [5.41, 5.74) is 2.48. The average Bonchev–Trinajstić information content (AvgIpc) is 3.59. The van der Waals surface area contributed by atoms with Crippen molar-refractivity contribution < 1.29 is 30.8 Å². The minimum Gasteiger partial charge on any atom is -0.437 e. The molecule has 5 heterocycles. The number of benzene rings is 2. The topological polar surface area (TPSA) is 110 Å². The molecule has 0 fully saturated rings. The maximum atomic E-state index is 15.5. The van der Waals surface area contributed by atoms with Crippen LogP contribution in [-0.2, 0) is 16.6 Å². The molecule has 228 valence electrons. The number of fused-ring (bicyclic) bond motifs is 6. The fourth-order valence-electron chi connectivity index (χ4n) is 5.73. The third-order valence-corrected chi connectivity index (χ3v) is 9.20. The number of nitrogens with zero attached hydrogens (tertiary/aromatic N) is 4. The first-order valence-corrected chi connectivity index (χ1v) is 15.6. The van der Waals surface area contributed by atoms with Crippen molar-refractivity contribution in [1.29, 1.82) is 0 Å². The number of nitrogens with one attached hydrogen (secondary N) is 1. The first kappa shape index (κ1) is 28.6. The van der Waals surface area contributed by atoms with Gasteiger partial charge in [-0.05, 0) is 54.6 Å². The van der Waals surface area contributed by atoms with Gasteiger partial charge in [-0.25, -0.2) is 26.6 Å². The van der Waals surface area contributed by atoms with Gasteiger partial charge >= 0.3 is 0 Å². The van der Waals surface area contributed by atoms with Gasteiger partial charge in [-0.3, -0.25) is 9.10 Å². The third-order valence-electron chi connectivity index (χ3n) is 8.04. The van der Waals surface area contributed by atoms with Gasteiger partial charge in [0.25, 0.3) is 5.91 Å². The number of rotatable bonds is 5. The van der Waals surface area contributed by atoms with Crippen molar-refractivity contribution in [3.63, 3.8) is 0 Å². The van der Waals surface area contributed by atoms with E-state index in [9.17, 15) is 22.0 Å². The van der Waals surface area contributed by atoms with Crippen LogP contribution in [0.15, 0.2) is 71.1 Å². The van der Waals surface area contributed by atoms with Crippen molar-refractivity contribution in [2.75, 3.05) is 24.7 Å². The molecule has 1 aliphatic rings.